The van der Waals surface area contributed by atoms with E-state index in [-0.39, 0.29) is 11.9 Å². The molecule has 1 aliphatic rings. The van der Waals surface area contributed by atoms with Gasteiger partial charge in [0, 0.05) is 30.9 Å². The van der Waals surface area contributed by atoms with E-state index in [2.05, 4.69) is 46.4 Å². The molecule has 1 amide bonds. The lowest BCUT2D eigenvalue weighted by molar-refractivity contribution is 0.0599. The Morgan fingerprint density at radius 1 is 1.26 bits per heavy atom. The van der Waals surface area contributed by atoms with E-state index >= 15 is 0 Å². The topological polar surface area (TPSA) is 74.4 Å². The first kappa shape index (κ1) is 19.2. The van der Waals surface area contributed by atoms with Gasteiger partial charge in [-0.1, -0.05) is 30.3 Å². The van der Waals surface area contributed by atoms with Crippen LogP contribution in [-0.2, 0) is 4.74 Å². The van der Waals surface area contributed by atoms with E-state index in [4.69, 9.17) is 4.74 Å². The summed E-state index contributed by atoms with van der Waals surface area (Å²) in [6.07, 6.45) is 0.908. The lowest BCUT2D eigenvalue weighted by atomic mass is 10.1. The number of benzene rings is 1. The highest BCUT2D eigenvalue weighted by molar-refractivity contribution is 6.00. The number of hydrogen-bond acceptors (Lipinski definition) is 4. The molecule has 6 nitrogen and oxygen atoms in total. The van der Waals surface area contributed by atoms with Crippen molar-refractivity contribution in [2.75, 3.05) is 20.2 Å². The van der Waals surface area contributed by atoms with Gasteiger partial charge < -0.3 is 15.0 Å². The van der Waals surface area contributed by atoms with Gasteiger partial charge in [-0.2, -0.15) is 0 Å². The van der Waals surface area contributed by atoms with Crippen molar-refractivity contribution in [3.8, 4) is 0 Å². The van der Waals surface area contributed by atoms with Crippen molar-refractivity contribution in [1.29, 1.82) is 0 Å². The number of hydrogen-bond donors (Lipinski definition) is 2. The van der Waals surface area contributed by atoms with Crippen LogP contribution < -0.4 is 5.32 Å². The van der Waals surface area contributed by atoms with Crippen LogP contribution in [0, 0.1) is 13.8 Å². The second-order valence-corrected chi connectivity index (χ2v) is 7.16. The molecule has 144 valence electrons. The second-order valence-electron chi connectivity index (χ2n) is 7.16. The Morgan fingerprint density at radius 3 is 2.63 bits per heavy atom. The SMILES string of the molecule is COC(=O)c1c(C)[nH]c(C(=O)NC2CCN(C(C)c3ccccc3)C2)c1C. The lowest BCUT2D eigenvalue weighted by Gasteiger charge is -2.24. The number of rotatable bonds is 5. The number of methoxy groups -OCH3 is 1. The van der Waals surface area contributed by atoms with E-state index in [0.29, 0.717) is 28.6 Å². The molecule has 1 aromatic heterocycles. The summed E-state index contributed by atoms with van der Waals surface area (Å²) in [6.45, 7) is 7.49. The van der Waals surface area contributed by atoms with Crippen LogP contribution in [0.1, 0.15) is 57.1 Å². The van der Waals surface area contributed by atoms with E-state index in [0.717, 1.165) is 19.5 Å². The third-order valence-corrected chi connectivity index (χ3v) is 5.44. The molecule has 2 unspecified atom stereocenters. The minimum absolute atomic E-state index is 0.0910. The Morgan fingerprint density at radius 2 is 1.96 bits per heavy atom. The number of aryl methyl sites for hydroxylation is 1. The summed E-state index contributed by atoms with van der Waals surface area (Å²) in [5, 5.41) is 3.11. The molecule has 2 atom stereocenters. The van der Waals surface area contributed by atoms with Gasteiger partial charge in [-0.15, -0.1) is 0 Å². The number of nitrogens with one attached hydrogen (secondary N) is 2. The average molecular weight is 369 g/mol. The van der Waals surface area contributed by atoms with Crippen molar-refractivity contribution < 1.29 is 14.3 Å². The zero-order chi connectivity index (χ0) is 19.6. The van der Waals surface area contributed by atoms with Crippen molar-refractivity contribution in [2.24, 2.45) is 0 Å². The van der Waals surface area contributed by atoms with Crippen molar-refractivity contribution >= 4 is 11.9 Å². The lowest BCUT2D eigenvalue weighted by Crippen LogP contribution is -2.38. The number of carbonyl (C=O) groups excluding carboxylic acids is 2. The van der Waals surface area contributed by atoms with E-state index in [1.165, 1.54) is 12.7 Å². The highest BCUT2D eigenvalue weighted by atomic mass is 16.5. The number of likely N-dealkylation sites (tertiary alicyclic amines) is 1. The Kier molecular flexibility index (Phi) is 5.65. The molecule has 27 heavy (non-hydrogen) atoms. The summed E-state index contributed by atoms with van der Waals surface area (Å²) >= 11 is 0. The molecule has 1 saturated heterocycles. The molecule has 0 aliphatic carbocycles. The summed E-state index contributed by atoms with van der Waals surface area (Å²) in [7, 11) is 1.34. The van der Waals surface area contributed by atoms with Crippen LogP contribution in [0.3, 0.4) is 0 Å². The quantitative estimate of drug-likeness (QED) is 0.795. The fourth-order valence-electron chi connectivity index (χ4n) is 3.84. The zero-order valence-electron chi connectivity index (χ0n) is 16.3. The van der Waals surface area contributed by atoms with Crippen molar-refractivity contribution in [3.63, 3.8) is 0 Å². The van der Waals surface area contributed by atoms with Crippen LogP contribution in [0.5, 0.6) is 0 Å². The number of aromatic amines is 1. The van der Waals surface area contributed by atoms with E-state index in [9.17, 15) is 9.59 Å². The summed E-state index contributed by atoms with van der Waals surface area (Å²) in [4.78, 5) is 30.1. The maximum absolute atomic E-state index is 12.7. The normalized spacial score (nSPS) is 18.3. The molecule has 0 spiro atoms. The van der Waals surface area contributed by atoms with Crippen LogP contribution >= 0.6 is 0 Å². The second kappa shape index (κ2) is 7.96. The first-order chi connectivity index (χ1) is 12.9. The van der Waals surface area contributed by atoms with Crippen molar-refractivity contribution in [1.82, 2.24) is 15.2 Å². The van der Waals surface area contributed by atoms with E-state index < -0.39 is 5.97 Å². The van der Waals surface area contributed by atoms with Crippen molar-refractivity contribution in [3.05, 3.63) is 58.4 Å². The molecular formula is C21H27N3O3. The first-order valence-electron chi connectivity index (χ1n) is 9.29. The van der Waals surface area contributed by atoms with Gasteiger partial charge in [-0.3, -0.25) is 9.69 Å². The molecule has 1 aromatic carbocycles. The predicted molar refractivity (Wildman–Crippen MR) is 104 cm³/mol. The fourth-order valence-corrected chi connectivity index (χ4v) is 3.84. The predicted octanol–water partition coefficient (Wildman–Crippen LogP) is 2.98. The molecule has 0 bridgehead atoms. The van der Waals surface area contributed by atoms with E-state index in [1.54, 1.807) is 13.8 Å². The van der Waals surface area contributed by atoms with Crippen LogP contribution in [0.15, 0.2) is 30.3 Å². The Balaban J connectivity index is 1.65. The van der Waals surface area contributed by atoms with Gasteiger partial charge in [-0.25, -0.2) is 4.79 Å². The number of nitrogens with zero attached hydrogens (tertiary/aromatic N) is 1. The number of amides is 1. The van der Waals surface area contributed by atoms with Crippen molar-refractivity contribution in [2.45, 2.75) is 39.3 Å². The largest absolute Gasteiger partial charge is 0.465 e. The van der Waals surface area contributed by atoms with Gasteiger partial charge in [0.25, 0.3) is 5.91 Å². The number of aromatic nitrogens is 1. The molecule has 3 rings (SSSR count). The van der Waals surface area contributed by atoms with Gasteiger partial charge in [0.2, 0.25) is 0 Å². The average Bonchev–Trinajstić information content (AvgIpc) is 3.25. The summed E-state index contributed by atoms with van der Waals surface area (Å²) in [5.74, 6) is -0.603. The van der Waals surface area contributed by atoms with Crippen LogP contribution in [0.2, 0.25) is 0 Å². The zero-order valence-corrected chi connectivity index (χ0v) is 16.3. The Labute approximate surface area is 159 Å². The fraction of sp³-hybridized carbons (Fsp3) is 0.429. The molecule has 0 saturated carbocycles. The highest BCUT2D eigenvalue weighted by Crippen LogP contribution is 2.25. The van der Waals surface area contributed by atoms with Gasteiger partial charge in [0.05, 0.1) is 12.7 Å². The molecule has 1 aliphatic heterocycles. The molecular weight excluding hydrogens is 342 g/mol. The van der Waals surface area contributed by atoms with Crippen LogP contribution in [0.25, 0.3) is 0 Å². The highest BCUT2D eigenvalue weighted by Gasteiger charge is 2.29. The molecule has 2 N–H and O–H groups in total. The number of ether oxygens (including phenoxy) is 1. The maximum Gasteiger partial charge on any atom is 0.339 e. The summed E-state index contributed by atoms with van der Waals surface area (Å²) in [5.41, 5.74) is 3.43. The maximum atomic E-state index is 12.7. The minimum atomic E-state index is -0.427. The molecule has 2 aromatic rings. The monoisotopic (exact) mass is 369 g/mol. The number of carbonyl (C=O) groups is 2. The number of H-pyrrole nitrogens is 1. The standard InChI is InChI=1S/C21H27N3O3/c1-13-18(21(26)27-4)14(2)22-19(13)20(25)23-17-10-11-24(12-17)15(3)16-8-6-5-7-9-16/h5-9,15,17,22H,10-12H2,1-4H3,(H,23,25). The molecule has 1 fully saturated rings. The molecule has 0 radical (unpaired) electrons. The first-order valence-corrected chi connectivity index (χ1v) is 9.29. The minimum Gasteiger partial charge on any atom is -0.465 e. The van der Waals surface area contributed by atoms with Gasteiger partial charge in [0.15, 0.2) is 0 Å². The van der Waals surface area contributed by atoms with E-state index in [1.807, 2.05) is 6.07 Å². The summed E-state index contributed by atoms with van der Waals surface area (Å²) in [6, 6.07) is 10.8. The van der Waals surface area contributed by atoms with Crippen LogP contribution in [-0.4, -0.2) is 48.0 Å². The van der Waals surface area contributed by atoms with Gasteiger partial charge >= 0.3 is 5.97 Å². The molecule has 2 heterocycles. The Hall–Kier alpha value is -2.60. The van der Waals surface area contributed by atoms with Gasteiger partial charge in [0.1, 0.15) is 5.69 Å². The number of esters is 1. The Bertz CT molecular complexity index is 829. The van der Waals surface area contributed by atoms with Gasteiger partial charge in [-0.05, 0) is 38.3 Å². The van der Waals surface area contributed by atoms with Crippen LogP contribution in [0.4, 0.5) is 0 Å². The smallest absolute Gasteiger partial charge is 0.339 e. The summed E-state index contributed by atoms with van der Waals surface area (Å²) < 4.78 is 4.81. The third-order valence-electron chi connectivity index (χ3n) is 5.44. The molecule has 6 heteroatoms. The third kappa shape index (κ3) is 3.90.